The van der Waals surface area contributed by atoms with Gasteiger partial charge < -0.3 is 10.2 Å². The van der Waals surface area contributed by atoms with Gasteiger partial charge in [-0.25, -0.2) is 0 Å². The van der Waals surface area contributed by atoms with Crippen LogP contribution in [0, 0.1) is 11.8 Å². The standard InChI is InChI=1S/C13H24N2O/c1-2-15(10-12-3-4-12)13(16)6-5-11-7-8-14-9-11/h11-12,14H,2-10H2,1H3. The number of nitrogens with zero attached hydrogens (tertiary/aromatic N) is 1. The Labute approximate surface area is 98.6 Å². The van der Waals surface area contributed by atoms with Crippen LogP contribution < -0.4 is 5.32 Å². The fourth-order valence-corrected chi connectivity index (χ4v) is 2.47. The molecule has 0 bridgehead atoms. The van der Waals surface area contributed by atoms with Crippen LogP contribution in [0.3, 0.4) is 0 Å². The van der Waals surface area contributed by atoms with Crippen molar-refractivity contribution in [3.8, 4) is 0 Å². The summed E-state index contributed by atoms with van der Waals surface area (Å²) < 4.78 is 0. The van der Waals surface area contributed by atoms with Gasteiger partial charge in [-0.05, 0) is 57.5 Å². The number of carbonyl (C=O) groups excluding carboxylic acids is 1. The molecule has 1 amide bonds. The SMILES string of the molecule is CCN(CC1CC1)C(=O)CCC1CCNC1. The summed E-state index contributed by atoms with van der Waals surface area (Å²) in [7, 11) is 0. The van der Waals surface area contributed by atoms with E-state index in [1.54, 1.807) is 0 Å². The van der Waals surface area contributed by atoms with Crippen LogP contribution in [0.4, 0.5) is 0 Å². The van der Waals surface area contributed by atoms with E-state index in [0.29, 0.717) is 5.91 Å². The Hall–Kier alpha value is -0.570. The summed E-state index contributed by atoms with van der Waals surface area (Å²) in [5, 5.41) is 3.36. The van der Waals surface area contributed by atoms with Gasteiger partial charge in [0.15, 0.2) is 0 Å². The molecule has 2 rings (SSSR count). The zero-order valence-electron chi connectivity index (χ0n) is 10.4. The van der Waals surface area contributed by atoms with E-state index in [0.717, 1.165) is 50.9 Å². The number of amides is 1. The molecule has 1 heterocycles. The fourth-order valence-electron chi connectivity index (χ4n) is 2.47. The van der Waals surface area contributed by atoms with Crippen LogP contribution in [0.15, 0.2) is 0 Å². The number of hydrogen-bond acceptors (Lipinski definition) is 2. The fraction of sp³-hybridized carbons (Fsp3) is 0.923. The van der Waals surface area contributed by atoms with Crippen molar-refractivity contribution in [1.82, 2.24) is 10.2 Å². The normalized spacial score (nSPS) is 24.7. The van der Waals surface area contributed by atoms with Gasteiger partial charge in [0.05, 0.1) is 0 Å². The number of rotatable bonds is 6. The predicted octanol–water partition coefficient (Wildman–Crippen LogP) is 1.63. The Morgan fingerprint density at radius 1 is 1.31 bits per heavy atom. The molecule has 3 nitrogen and oxygen atoms in total. The third-order valence-electron chi connectivity index (χ3n) is 3.84. The van der Waals surface area contributed by atoms with Gasteiger partial charge in [-0.15, -0.1) is 0 Å². The maximum absolute atomic E-state index is 12.0. The van der Waals surface area contributed by atoms with Crippen LogP contribution in [0.2, 0.25) is 0 Å². The third-order valence-corrected chi connectivity index (χ3v) is 3.84. The molecule has 16 heavy (non-hydrogen) atoms. The van der Waals surface area contributed by atoms with E-state index in [1.807, 2.05) is 0 Å². The van der Waals surface area contributed by atoms with Crippen molar-refractivity contribution in [2.75, 3.05) is 26.2 Å². The monoisotopic (exact) mass is 224 g/mol. The van der Waals surface area contributed by atoms with E-state index in [4.69, 9.17) is 0 Å². The highest BCUT2D eigenvalue weighted by Crippen LogP contribution is 2.30. The molecule has 1 atom stereocenters. The Morgan fingerprint density at radius 3 is 2.69 bits per heavy atom. The first kappa shape index (κ1) is 11.9. The van der Waals surface area contributed by atoms with Gasteiger partial charge >= 0.3 is 0 Å². The summed E-state index contributed by atoms with van der Waals surface area (Å²) >= 11 is 0. The molecule has 0 aromatic rings. The minimum atomic E-state index is 0.376. The topological polar surface area (TPSA) is 32.3 Å². The van der Waals surface area contributed by atoms with Gasteiger partial charge in [0.2, 0.25) is 5.91 Å². The molecule has 0 aromatic heterocycles. The first-order chi connectivity index (χ1) is 7.79. The molecule has 2 aliphatic rings. The van der Waals surface area contributed by atoms with Gasteiger partial charge in [0, 0.05) is 19.5 Å². The molecule has 1 N–H and O–H groups in total. The largest absolute Gasteiger partial charge is 0.343 e. The van der Waals surface area contributed by atoms with Gasteiger partial charge in [-0.1, -0.05) is 0 Å². The highest BCUT2D eigenvalue weighted by molar-refractivity contribution is 5.76. The minimum Gasteiger partial charge on any atom is -0.343 e. The van der Waals surface area contributed by atoms with Crippen LogP contribution in [0.1, 0.15) is 39.0 Å². The van der Waals surface area contributed by atoms with Crippen LogP contribution in [-0.4, -0.2) is 37.0 Å². The van der Waals surface area contributed by atoms with Gasteiger partial charge in [0.1, 0.15) is 0 Å². The van der Waals surface area contributed by atoms with E-state index >= 15 is 0 Å². The van der Waals surface area contributed by atoms with Crippen molar-refractivity contribution in [3.63, 3.8) is 0 Å². The van der Waals surface area contributed by atoms with Gasteiger partial charge in [-0.3, -0.25) is 4.79 Å². The average molecular weight is 224 g/mol. The van der Waals surface area contributed by atoms with E-state index in [-0.39, 0.29) is 0 Å². The summed E-state index contributed by atoms with van der Waals surface area (Å²) in [6.45, 7) is 6.24. The summed E-state index contributed by atoms with van der Waals surface area (Å²) in [5.41, 5.74) is 0. The Kier molecular flexibility index (Phi) is 4.22. The lowest BCUT2D eigenvalue weighted by Crippen LogP contribution is -2.32. The Balaban J connectivity index is 1.67. The molecule has 0 radical (unpaired) electrons. The van der Waals surface area contributed by atoms with Crippen molar-refractivity contribution < 1.29 is 4.79 Å². The lowest BCUT2D eigenvalue weighted by molar-refractivity contribution is -0.131. The molecule has 1 saturated heterocycles. The van der Waals surface area contributed by atoms with Crippen molar-refractivity contribution in [1.29, 1.82) is 0 Å². The Bertz CT molecular complexity index is 232. The second kappa shape index (κ2) is 5.67. The van der Waals surface area contributed by atoms with E-state index < -0.39 is 0 Å². The first-order valence-electron chi connectivity index (χ1n) is 6.78. The molecular weight excluding hydrogens is 200 g/mol. The number of nitrogens with one attached hydrogen (secondary N) is 1. The van der Waals surface area contributed by atoms with Crippen LogP contribution >= 0.6 is 0 Å². The lowest BCUT2D eigenvalue weighted by atomic mass is 10.0. The second-order valence-corrected chi connectivity index (χ2v) is 5.27. The molecule has 0 spiro atoms. The zero-order chi connectivity index (χ0) is 11.4. The molecule has 2 fully saturated rings. The second-order valence-electron chi connectivity index (χ2n) is 5.27. The minimum absolute atomic E-state index is 0.376. The van der Waals surface area contributed by atoms with E-state index in [9.17, 15) is 4.79 Å². The van der Waals surface area contributed by atoms with Gasteiger partial charge in [0.25, 0.3) is 0 Å². The molecule has 0 aromatic carbocycles. The summed E-state index contributed by atoms with van der Waals surface area (Å²) in [6, 6.07) is 0. The molecular formula is C13H24N2O. The average Bonchev–Trinajstić information content (AvgIpc) is 2.96. The molecule has 1 aliphatic heterocycles. The first-order valence-corrected chi connectivity index (χ1v) is 6.78. The Morgan fingerprint density at radius 2 is 2.12 bits per heavy atom. The summed E-state index contributed by atoms with van der Waals surface area (Å²) in [4.78, 5) is 14.1. The smallest absolute Gasteiger partial charge is 0.222 e. The summed E-state index contributed by atoms with van der Waals surface area (Å²) in [5.74, 6) is 1.93. The van der Waals surface area contributed by atoms with E-state index in [1.165, 1.54) is 19.3 Å². The predicted molar refractivity (Wildman–Crippen MR) is 65.2 cm³/mol. The van der Waals surface area contributed by atoms with Crippen molar-refractivity contribution >= 4 is 5.91 Å². The number of carbonyl (C=O) groups is 1. The molecule has 92 valence electrons. The van der Waals surface area contributed by atoms with Crippen molar-refractivity contribution in [3.05, 3.63) is 0 Å². The lowest BCUT2D eigenvalue weighted by Gasteiger charge is -2.21. The van der Waals surface area contributed by atoms with Crippen LogP contribution in [0.5, 0.6) is 0 Å². The van der Waals surface area contributed by atoms with E-state index in [2.05, 4.69) is 17.1 Å². The quantitative estimate of drug-likeness (QED) is 0.744. The van der Waals surface area contributed by atoms with Crippen molar-refractivity contribution in [2.24, 2.45) is 11.8 Å². The molecule has 1 saturated carbocycles. The maximum Gasteiger partial charge on any atom is 0.222 e. The van der Waals surface area contributed by atoms with Crippen molar-refractivity contribution in [2.45, 2.75) is 39.0 Å². The maximum atomic E-state index is 12.0. The molecule has 3 heteroatoms. The number of hydrogen-bond donors (Lipinski definition) is 1. The summed E-state index contributed by atoms with van der Waals surface area (Å²) in [6.07, 6.45) is 5.74. The molecule has 1 aliphatic carbocycles. The molecule has 1 unspecified atom stereocenters. The van der Waals surface area contributed by atoms with Crippen LogP contribution in [0.25, 0.3) is 0 Å². The van der Waals surface area contributed by atoms with Crippen LogP contribution in [-0.2, 0) is 4.79 Å². The zero-order valence-corrected chi connectivity index (χ0v) is 10.4. The highest BCUT2D eigenvalue weighted by atomic mass is 16.2. The highest BCUT2D eigenvalue weighted by Gasteiger charge is 2.26. The third kappa shape index (κ3) is 3.48. The van der Waals surface area contributed by atoms with Gasteiger partial charge in [-0.2, -0.15) is 0 Å².